The Morgan fingerprint density at radius 2 is 2.29 bits per heavy atom. The molecule has 1 N–H and O–H groups in total. The third kappa shape index (κ3) is 2.44. The van der Waals surface area contributed by atoms with E-state index in [4.69, 9.17) is 0 Å². The highest BCUT2D eigenvalue weighted by atomic mass is 19.1. The molecule has 1 fully saturated rings. The number of benzene rings is 1. The summed E-state index contributed by atoms with van der Waals surface area (Å²) in [7, 11) is 0. The van der Waals surface area contributed by atoms with Gasteiger partial charge in [-0.1, -0.05) is 19.4 Å². The van der Waals surface area contributed by atoms with Crippen molar-refractivity contribution in [3.05, 3.63) is 29.6 Å². The van der Waals surface area contributed by atoms with Crippen molar-refractivity contribution in [2.45, 2.75) is 32.8 Å². The molecule has 0 radical (unpaired) electrons. The Balaban J connectivity index is 2.29. The number of anilines is 1. The van der Waals surface area contributed by atoms with Crippen LogP contribution in [0, 0.1) is 11.7 Å². The molecule has 0 spiro atoms. The third-order valence-corrected chi connectivity index (χ3v) is 3.65. The molecule has 0 bridgehead atoms. The number of rotatable bonds is 3. The largest absolute Gasteiger partial charge is 0.389 e. The molecule has 94 valence electrons. The summed E-state index contributed by atoms with van der Waals surface area (Å²) in [5, 5.41) is 9.70. The van der Waals surface area contributed by atoms with E-state index in [1.807, 2.05) is 6.07 Å². The summed E-state index contributed by atoms with van der Waals surface area (Å²) in [6, 6.07) is 5.04. The van der Waals surface area contributed by atoms with Crippen LogP contribution in [0.1, 0.15) is 38.4 Å². The molecular formula is C14H20FNO. The second-order valence-corrected chi connectivity index (χ2v) is 4.86. The molecule has 2 rings (SSSR count). The summed E-state index contributed by atoms with van der Waals surface area (Å²) in [5.74, 6) is 0.387. The van der Waals surface area contributed by atoms with Gasteiger partial charge in [0.25, 0.3) is 0 Å². The number of hydrogen-bond donors (Lipinski definition) is 1. The summed E-state index contributed by atoms with van der Waals surface area (Å²) in [4.78, 5) is 2.19. The number of aliphatic hydroxyl groups is 1. The van der Waals surface area contributed by atoms with Gasteiger partial charge in [-0.15, -0.1) is 0 Å². The summed E-state index contributed by atoms with van der Waals surface area (Å²) in [5.41, 5.74) is 1.29. The molecule has 1 aliphatic rings. The fraction of sp³-hybridized carbons (Fsp3) is 0.571. The lowest BCUT2D eigenvalue weighted by Crippen LogP contribution is -2.22. The first-order valence-electron chi connectivity index (χ1n) is 6.35. The summed E-state index contributed by atoms with van der Waals surface area (Å²) < 4.78 is 13.7. The van der Waals surface area contributed by atoms with Gasteiger partial charge < -0.3 is 10.0 Å². The molecule has 1 aromatic carbocycles. The highest BCUT2D eigenvalue weighted by molar-refractivity contribution is 5.55. The topological polar surface area (TPSA) is 23.5 Å². The zero-order valence-corrected chi connectivity index (χ0v) is 10.5. The molecule has 1 aliphatic heterocycles. The second-order valence-electron chi connectivity index (χ2n) is 4.86. The Hall–Kier alpha value is -1.09. The first-order chi connectivity index (χ1) is 8.13. The molecule has 1 unspecified atom stereocenters. The smallest absolute Gasteiger partial charge is 0.131 e. The number of halogens is 1. The van der Waals surface area contributed by atoms with Crippen LogP contribution in [-0.2, 0) is 0 Å². The molecular weight excluding hydrogens is 217 g/mol. The average Bonchev–Trinajstić information content (AvgIpc) is 2.76. The minimum atomic E-state index is -0.758. The van der Waals surface area contributed by atoms with E-state index >= 15 is 0 Å². The third-order valence-electron chi connectivity index (χ3n) is 3.65. The molecule has 1 saturated heterocycles. The van der Waals surface area contributed by atoms with Crippen LogP contribution in [0.25, 0.3) is 0 Å². The first-order valence-corrected chi connectivity index (χ1v) is 6.35. The van der Waals surface area contributed by atoms with Crippen LogP contribution in [-0.4, -0.2) is 18.2 Å². The van der Waals surface area contributed by atoms with E-state index in [2.05, 4.69) is 11.8 Å². The van der Waals surface area contributed by atoms with Gasteiger partial charge in [0.15, 0.2) is 0 Å². The first kappa shape index (κ1) is 12.4. The Kier molecular flexibility index (Phi) is 3.67. The van der Waals surface area contributed by atoms with Crippen LogP contribution >= 0.6 is 0 Å². The summed E-state index contributed by atoms with van der Waals surface area (Å²) in [6.07, 6.45) is 1.56. The maximum Gasteiger partial charge on any atom is 0.131 e. The number of hydrogen-bond acceptors (Lipinski definition) is 2. The molecule has 1 heterocycles. The number of aliphatic hydroxyl groups excluding tert-OH is 1. The predicted octanol–water partition coefficient (Wildman–Crippen LogP) is 3.12. The van der Waals surface area contributed by atoms with Crippen molar-refractivity contribution < 1.29 is 9.50 Å². The van der Waals surface area contributed by atoms with Gasteiger partial charge in [0.1, 0.15) is 5.82 Å². The van der Waals surface area contributed by atoms with Crippen LogP contribution in [0.2, 0.25) is 0 Å². The van der Waals surface area contributed by atoms with Gasteiger partial charge in [-0.25, -0.2) is 4.39 Å². The van der Waals surface area contributed by atoms with Crippen molar-refractivity contribution in [1.82, 2.24) is 0 Å². The van der Waals surface area contributed by atoms with E-state index in [0.29, 0.717) is 11.5 Å². The van der Waals surface area contributed by atoms with Crippen LogP contribution in [0.4, 0.5) is 10.1 Å². The normalized spacial score (nSPS) is 21.9. The van der Waals surface area contributed by atoms with E-state index in [9.17, 15) is 9.50 Å². The van der Waals surface area contributed by atoms with Gasteiger partial charge in [-0.05, 0) is 31.4 Å². The van der Waals surface area contributed by atoms with Gasteiger partial charge in [0.05, 0.1) is 6.10 Å². The zero-order valence-electron chi connectivity index (χ0n) is 10.5. The molecule has 3 heteroatoms. The highest BCUT2D eigenvalue weighted by Crippen LogP contribution is 2.33. The SMILES string of the molecule is CCC1CCN(c2cccc(F)c2[C@H](C)O)C1. The van der Waals surface area contributed by atoms with Gasteiger partial charge in [-0.3, -0.25) is 0 Å². The van der Waals surface area contributed by atoms with Gasteiger partial charge in [0, 0.05) is 24.3 Å². The van der Waals surface area contributed by atoms with E-state index in [-0.39, 0.29) is 5.82 Å². The van der Waals surface area contributed by atoms with Gasteiger partial charge in [0.2, 0.25) is 0 Å². The van der Waals surface area contributed by atoms with Gasteiger partial charge >= 0.3 is 0 Å². The molecule has 2 nitrogen and oxygen atoms in total. The fourth-order valence-corrected chi connectivity index (χ4v) is 2.60. The lowest BCUT2D eigenvalue weighted by atomic mass is 10.1. The average molecular weight is 237 g/mol. The Morgan fingerprint density at radius 1 is 1.53 bits per heavy atom. The maximum absolute atomic E-state index is 13.7. The Bertz CT molecular complexity index is 392. The molecule has 17 heavy (non-hydrogen) atoms. The lowest BCUT2D eigenvalue weighted by molar-refractivity contribution is 0.194. The van der Waals surface area contributed by atoms with E-state index in [1.54, 1.807) is 13.0 Å². The zero-order chi connectivity index (χ0) is 12.4. The Morgan fingerprint density at radius 3 is 2.88 bits per heavy atom. The fourth-order valence-electron chi connectivity index (χ4n) is 2.60. The second kappa shape index (κ2) is 5.05. The molecule has 0 amide bonds. The van der Waals surface area contributed by atoms with Crippen LogP contribution < -0.4 is 4.90 Å². The van der Waals surface area contributed by atoms with E-state index in [1.165, 1.54) is 6.07 Å². The van der Waals surface area contributed by atoms with Crippen molar-refractivity contribution in [3.8, 4) is 0 Å². The monoisotopic (exact) mass is 237 g/mol. The van der Waals surface area contributed by atoms with Crippen molar-refractivity contribution >= 4 is 5.69 Å². The molecule has 0 aromatic heterocycles. The van der Waals surface area contributed by atoms with Crippen LogP contribution in [0.15, 0.2) is 18.2 Å². The Labute approximate surface area is 102 Å². The van der Waals surface area contributed by atoms with E-state index < -0.39 is 6.10 Å². The number of nitrogens with zero attached hydrogens (tertiary/aromatic N) is 1. The predicted molar refractivity (Wildman–Crippen MR) is 67.6 cm³/mol. The molecule has 2 atom stereocenters. The van der Waals surface area contributed by atoms with Crippen molar-refractivity contribution in [1.29, 1.82) is 0 Å². The van der Waals surface area contributed by atoms with Crippen LogP contribution in [0.3, 0.4) is 0 Å². The summed E-state index contributed by atoms with van der Waals surface area (Å²) >= 11 is 0. The quantitative estimate of drug-likeness (QED) is 0.873. The van der Waals surface area contributed by atoms with Crippen LogP contribution in [0.5, 0.6) is 0 Å². The van der Waals surface area contributed by atoms with Gasteiger partial charge in [-0.2, -0.15) is 0 Å². The molecule has 0 aliphatic carbocycles. The minimum Gasteiger partial charge on any atom is -0.389 e. The highest BCUT2D eigenvalue weighted by Gasteiger charge is 2.25. The lowest BCUT2D eigenvalue weighted by Gasteiger charge is -2.23. The van der Waals surface area contributed by atoms with Crippen molar-refractivity contribution in [2.24, 2.45) is 5.92 Å². The minimum absolute atomic E-state index is 0.308. The van der Waals surface area contributed by atoms with E-state index in [0.717, 1.165) is 31.6 Å². The molecule has 0 saturated carbocycles. The van der Waals surface area contributed by atoms with Crippen molar-refractivity contribution in [3.63, 3.8) is 0 Å². The standard InChI is InChI=1S/C14H20FNO/c1-3-11-7-8-16(9-11)13-6-4-5-12(15)14(13)10(2)17/h4-6,10-11,17H,3,7-9H2,1-2H3/t10-,11?/m0/s1. The molecule has 1 aromatic rings. The maximum atomic E-state index is 13.7. The van der Waals surface area contributed by atoms with Crippen molar-refractivity contribution in [2.75, 3.05) is 18.0 Å². The summed E-state index contributed by atoms with van der Waals surface area (Å²) in [6.45, 7) is 5.74.